The fourth-order valence-corrected chi connectivity index (χ4v) is 2.01. The van der Waals surface area contributed by atoms with Crippen molar-refractivity contribution in [3.63, 3.8) is 0 Å². The second-order valence-corrected chi connectivity index (χ2v) is 4.01. The second-order valence-electron chi connectivity index (χ2n) is 4.01. The maximum absolute atomic E-state index is 5.79. The Balaban J connectivity index is 1.88. The molecule has 0 amide bonds. The smallest absolute Gasteiger partial charge is 0.147 e. The predicted octanol–water partition coefficient (Wildman–Crippen LogP) is -0.588. The van der Waals surface area contributed by atoms with Crippen molar-refractivity contribution in [1.82, 2.24) is 20.0 Å². The minimum atomic E-state index is 0.711. The van der Waals surface area contributed by atoms with Gasteiger partial charge in [0.15, 0.2) is 0 Å². The first-order valence-electron chi connectivity index (χ1n) is 5.73. The summed E-state index contributed by atoms with van der Waals surface area (Å²) in [5.41, 5.74) is 6.50. The second kappa shape index (κ2) is 5.18. The molecule has 1 aliphatic rings. The summed E-state index contributed by atoms with van der Waals surface area (Å²) in [5, 5.41) is 10.7. The molecule has 0 radical (unpaired) electrons. The molecule has 1 fully saturated rings. The monoisotopic (exact) mass is 224 g/mol. The minimum absolute atomic E-state index is 0.711. The lowest BCUT2D eigenvalue weighted by atomic mass is 10.3. The van der Waals surface area contributed by atoms with Gasteiger partial charge < -0.3 is 16.4 Å². The van der Waals surface area contributed by atoms with Crippen molar-refractivity contribution in [3.8, 4) is 0 Å². The number of rotatable bonds is 4. The highest BCUT2D eigenvalue weighted by atomic mass is 15.3. The summed E-state index contributed by atoms with van der Waals surface area (Å²) in [6, 6.07) is 0. The fraction of sp³-hybridized carbons (Fsp3) is 0.700. The van der Waals surface area contributed by atoms with Gasteiger partial charge in [-0.25, -0.2) is 4.68 Å². The van der Waals surface area contributed by atoms with E-state index in [9.17, 15) is 0 Å². The van der Waals surface area contributed by atoms with Crippen LogP contribution in [0, 0.1) is 0 Å². The molecule has 0 aliphatic carbocycles. The van der Waals surface area contributed by atoms with Crippen LogP contribution in [0.4, 0.5) is 11.5 Å². The van der Waals surface area contributed by atoms with Gasteiger partial charge in [0.05, 0.1) is 18.4 Å². The van der Waals surface area contributed by atoms with Crippen LogP contribution in [-0.4, -0.2) is 54.5 Å². The summed E-state index contributed by atoms with van der Waals surface area (Å²) in [5.74, 6) is 0.912. The fourth-order valence-electron chi connectivity index (χ4n) is 2.01. The summed E-state index contributed by atoms with van der Waals surface area (Å²) in [4.78, 5) is 2.44. The Bertz CT molecular complexity index is 328. The van der Waals surface area contributed by atoms with E-state index in [1.165, 1.54) is 0 Å². The van der Waals surface area contributed by atoms with Gasteiger partial charge in [0.25, 0.3) is 0 Å². The Labute approximate surface area is 95.8 Å². The number of hydrogen-bond donors (Lipinski definition) is 3. The van der Waals surface area contributed by atoms with Crippen LogP contribution in [0.1, 0.15) is 0 Å². The van der Waals surface area contributed by atoms with Crippen molar-refractivity contribution in [1.29, 1.82) is 0 Å². The number of piperazine rings is 1. The summed E-state index contributed by atoms with van der Waals surface area (Å²) in [6.45, 7) is 6.31. The summed E-state index contributed by atoms with van der Waals surface area (Å²) < 4.78 is 1.93. The van der Waals surface area contributed by atoms with E-state index < -0.39 is 0 Å². The van der Waals surface area contributed by atoms with Gasteiger partial charge in [0, 0.05) is 39.8 Å². The van der Waals surface area contributed by atoms with Gasteiger partial charge >= 0.3 is 0 Å². The zero-order valence-corrected chi connectivity index (χ0v) is 9.74. The summed E-state index contributed by atoms with van der Waals surface area (Å²) in [6.07, 6.45) is 1.70. The van der Waals surface area contributed by atoms with Crippen LogP contribution < -0.4 is 16.4 Å². The van der Waals surface area contributed by atoms with Gasteiger partial charge in [0.1, 0.15) is 5.82 Å². The van der Waals surface area contributed by atoms with Gasteiger partial charge in [-0.3, -0.25) is 4.90 Å². The first kappa shape index (κ1) is 11.2. The molecule has 1 aliphatic heterocycles. The van der Waals surface area contributed by atoms with Gasteiger partial charge in [-0.15, -0.1) is 0 Å². The van der Waals surface area contributed by atoms with Crippen LogP contribution in [0.3, 0.4) is 0 Å². The average molecular weight is 224 g/mol. The highest BCUT2D eigenvalue weighted by Crippen LogP contribution is 2.16. The molecule has 0 atom stereocenters. The third-order valence-electron chi connectivity index (χ3n) is 2.94. The summed E-state index contributed by atoms with van der Waals surface area (Å²) in [7, 11) is 1.87. The van der Waals surface area contributed by atoms with E-state index >= 15 is 0 Å². The lowest BCUT2D eigenvalue weighted by Gasteiger charge is -2.27. The number of nitrogens with zero attached hydrogens (tertiary/aromatic N) is 3. The third-order valence-corrected chi connectivity index (χ3v) is 2.94. The number of anilines is 2. The lowest BCUT2D eigenvalue weighted by molar-refractivity contribution is 0.230. The molecule has 2 rings (SSSR count). The van der Waals surface area contributed by atoms with Gasteiger partial charge in [-0.2, -0.15) is 5.10 Å². The standard InChI is InChI=1S/C10H20N6/c1-12-10-9(11)8-14-16(10)7-6-15-4-2-13-3-5-15/h8,12-13H,2-7,11H2,1H3. The molecule has 6 nitrogen and oxygen atoms in total. The van der Waals surface area contributed by atoms with Crippen LogP contribution in [0.2, 0.25) is 0 Å². The molecular formula is C10H20N6. The molecule has 4 N–H and O–H groups in total. The van der Waals surface area contributed by atoms with E-state index in [2.05, 4.69) is 20.6 Å². The molecule has 1 aromatic rings. The van der Waals surface area contributed by atoms with Gasteiger partial charge in [-0.1, -0.05) is 0 Å². The zero-order valence-electron chi connectivity index (χ0n) is 9.74. The Hall–Kier alpha value is -1.27. The van der Waals surface area contributed by atoms with Crippen molar-refractivity contribution >= 4 is 11.5 Å². The average Bonchev–Trinajstić information content (AvgIpc) is 2.68. The predicted molar refractivity (Wildman–Crippen MR) is 65.5 cm³/mol. The quantitative estimate of drug-likeness (QED) is 0.638. The van der Waals surface area contributed by atoms with Crippen molar-refractivity contribution in [2.45, 2.75) is 6.54 Å². The SMILES string of the molecule is CNc1c(N)cnn1CCN1CCNCC1. The molecule has 1 saturated heterocycles. The number of nitrogens with two attached hydrogens (primary N) is 1. The Morgan fingerprint density at radius 2 is 2.19 bits per heavy atom. The highest BCUT2D eigenvalue weighted by molar-refractivity contribution is 5.60. The molecule has 0 bridgehead atoms. The van der Waals surface area contributed by atoms with E-state index in [1.807, 2.05) is 11.7 Å². The topological polar surface area (TPSA) is 71.1 Å². The van der Waals surface area contributed by atoms with E-state index in [4.69, 9.17) is 5.73 Å². The number of nitrogens with one attached hydrogen (secondary N) is 2. The van der Waals surface area contributed by atoms with Crippen molar-refractivity contribution in [2.24, 2.45) is 0 Å². The largest absolute Gasteiger partial charge is 0.394 e. The third kappa shape index (κ3) is 2.45. The molecule has 0 spiro atoms. The maximum Gasteiger partial charge on any atom is 0.147 e. The highest BCUT2D eigenvalue weighted by Gasteiger charge is 2.11. The minimum Gasteiger partial charge on any atom is -0.394 e. The van der Waals surface area contributed by atoms with Crippen LogP contribution in [0.15, 0.2) is 6.20 Å². The lowest BCUT2D eigenvalue weighted by Crippen LogP contribution is -2.44. The molecule has 16 heavy (non-hydrogen) atoms. The van der Waals surface area contributed by atoms with Crippen LogP contribution in [-0.2, 0) is 6.54 Å². The van der Waals surface area contributed by atoms with E-state index in [-0.39, 0.29) is 0 Å². The van der Waals surface area contributed by atoms with E-state index in [0.717, 1.165) is 45.1 Å². The Morgan fingerprint density at radius 3 is 2.88 bits per heavy atom. The summed E-state index contributed by atoms with van der Waals surface area (Å²) >= 11 is 0. The first-order chi connectivity index (χ1) is 7.81. The van der Waals surface area contributed by atoms with Crippen LogP contribution in [0.5, 0.6) is 0 Å². The maximum atomic E-state index is 5.79. The van der Waals surface area contributed by atoms with E-state index in [0.29, 0.717) is 5.69 Å². The molecular weight excluding hydrogens is 204 g/mol. The zero-order chi connectivity index (χ0) is 11.4. The normalized spacial score (nSPS) is 17.6. The molecule has 0 aromatic carbocycles. The molecule has 1 aromatic heterocycles. The molecule has 2 heterocycles. The Kier molecular flexibility index (Phi) is 3.63. The number of aromatic nitrogens is 2. The number of hydrogen-bond acceptors (Lipinski definition) is 5. The van der Waals surface area contributed by atoms with Crippen LogP contribution in [0.25, 0.3) is 0 Å². The van der Waals surface area contributed by atoms with Crippen molar-refractivity contribution in [2.75, 3.05) is 50.8 Å². The van der Waals surface area contributed by atoms with Gasteiger partial charge in [0.2, 0.25) is 0 Å². The van der Waals surface area contributed by atoms with Crippen molar-refractivity contribution in [3.05, 3.63) is 6.20 Å². The molecule has 90 valence electrons. The first-order valence-corrected chi connectivity index (χ1v) is 5.73. The molecule has 6 heteroatoms. The van der Waals surface area contributed by atoms with Gasteiger partial charge in [-0.05, 0) is 0 Å². The molecule has 0 saturated carbocycles. The van der Waals surface area contributed by atoms with Crippen molar-refractivity contribution < 1.29 is 0 Å². The number of nitrogen functional groups attached to an aromatic ring is 1. The molecule has 0 unspecified atom stereocenters. The van der Waals surface area contributed by atoms with Crippen LogP contribution >= 0.6 is 0 Å². The van der Waals surface area contributed by atoms with E-state index in [1.54, 1.807) is 6.20 Å². The Morgan fingerprint density at radius 1 is 1.44 bits per heavy atom.